The molecule has 2 atom stereocenters. The topological polar surface area (TPSA) is 65.1 Å². The Morgan fingerprint density at radius 1 is 1.25 bits per heavy atom. The molecule has 0 N–H and O–H groups in total. The summed E-state index contributed by atoms with van der Waals surface area (Å²) in [6.07, 6.45) is 0. The highest BCUT2D eigenvalue weighted by molar-refractivity contribution is 5.97. The molecule has 24 heavy (non-hydrogen) atoms. The summed E-state index contributed by atoms with van der Waals surface area (Å²) >= 11 is 0. The fourth-order valence-corrected chi connectivity index (χ4v) is 3.07. The number of β-lactam (4-membered cyclic amide) rings is 1. The molecule has 0 bridgehead atoms. The zero-order chi connectivity index (χ0) is 17.9. The van der Waals surface area contributed by atoms with Crippen molar-refractivity contribution in [3.05, 3.63) is 23.8 Å². The van der Waals surface area contributed by atoms with Crippen molar-refractivity contribution in [2.45, 2.75) is 33.4 Å². The van der Waals surface area contributed by atoms with E-state index < -0.39 is 6.04 Å². The van der Waals surface area contributed by atoms with Crippen LogP contribution in [0.25, 0.3) is 0 Å². The van der Waals surface area contributed by atoms with Crippen LogP contribution in [0.15, 0.2) is 18.2 Å². The Hall–Kier alpha value is -2.24. The molecule has 1 saturated heterocycles. The van der Waals surface area contributed by atoms with E-state index in [4.69, 9.17) is 14.2 Å². The average molecular weight is 335 g/mol. The molecule has 1 heterocycles. The van der Waals surface area contributed by atoms with E-state index >= 15 is 0 Å². The fourth-order valence-electron chi connectivity index (χ4n) is 3.07. The van der Waals surface area contributed by atoms with Gasteiger partial charge >= 0.3 is 5.97 Å². The summed E-state index contributed by atoms with van der Waals surface area (Å²) in [4.78, 5) is 26.3. The van der Waals surface area contributed by atoms with E-state index in [0.717, 1.165) is 5.56 Å². The van der Waals surface area contributed by atoms with E-state index in [0.29, 0.717) is 24.7 Å². The maximum Gasteiger partial charge on any atom is 0.329 e. The Morgan fingerprint density at radius 2 is 1.96 bits per heavy atom. The second kappa shape index (κ2) is 7.55. The first kappa shape index (κ1) is 18.1. The van der Waals surface area contributed by atoms with Crippen molar-refractivity contribution in [1.29, 1.82) is 0 Å². The standard InChI is InChI=1S/C18H25NO5/c1-6-24-18(21)16-15(11(2)3)17(20)19(16)10-12-7-8-13(22-4)9-14(12)23-5/h7-9,11,15-16H,6,10H2,1-5H3/t15-,16+/m0/s1. The summed E-state index contributed by atoms with van der Waals surface area (Å²) < 4.78 is 15.7. The number of esters is 1. The van der Waals surface area contributed by atoms with Gasteiger partial charge in [-0.15, -0.1) is 0 Å². The van der Waals surface area contributed by atoms with Crippen LogP contribution in [0.3, 0.4) is 0 Å². The van der Waals surface area contributed by atoms with Gasteiger partial charge in [-0.2, -0.15) is 0 Å². The second-order valence-corrected chi connectivity index (χ2v) is 6.11. The van der Waals surface area contributed by atoms with E-state index in [2.05, 4.69) is 0 Å². The lowest BCUT2D eigenvalue weighted by atomic mass is 9.78. The van der Waals surface area contributed by atoms with Crippen LogP contribution in [0.1, 0.15) is 26.3 Å². The van der Waals surface area contributed by atoms with Crippen LogP contribution >= 0.6 is 0 Å². The van der Waals surface area contributed by atoms with Crippen LogP contribution in [0.4, 0.5) is 0 Å². The minimum atomic E-state index is -0.538. The second-order valence-electron chi connectivity index (χ2n) is 6.11. The van der Waals surface area contributed by atoms with Crippen LogP contribution in [0.2, 0.25) is 0 Å². The third-order valence-corrected chi connectivity index (χ3v) is 4.33. The molecule has 1 aromatic carbocycles. The molecule has 1 amide bonds. The van der Waals surface area contributed by atoms with Gasteiger partial charge in [0.25, 0.3) is 0 Å². The number of likely N-dealkylation sites (tertiary alicyclic amines) is 1. The van der Waals surface area contributed by atoms with Crippen LogP contribution in [0.5, 0.6) is 11.5 Å². The van der Waals surface area contributed by atoms with Gasteiger partial charge in [0.05, 0.1) is 33.3 Å². The molecular formula is C18H25NO5. The number of benzene rings is 1. The number of hydrogen-bond donors (Lipinski definition) is 0. The van der Waals surface area contributed by atoms with Gasteiger partial charge in [-0.1, -0.05) is 13.8 Å². The Bertz CT molecular complexity index is 613. The number of carbonyl (C=O) groups is 2. The van der Waals surface area contributed by atoms with E-state index in [1.54, 1.807) is 38.2 Å². The normalized spacial score (nSPS) is 19.9. The number of nitrogens with zero attached hydrogens (tertiary/aromatic N) is 1. The monoisotopic (exact) mass is 335 g/mol. The summed E-state index contributed by atoms with van der Waals surface area (Å²) in [7, 11) is 3.15. The fraction of sp³-hybridized carbons (Fsp3) is 0.556. The van der Waals surface area contributed by atoms with Gasteiger partial charge in [-0.3, -0.25) is 4.79 Å². The maximum absolute atomic E-state index is 12.5. The zero-order valence-corrected chi connectivity index (χ0v) is 14.9. The molecule has 0 aromatic heterocycles. The molecule has 132 valence electrons. The Morgan fingerprint density at radius 3 is 2.50 bits per heavy atom. The molecule has 0 saturated carbocycles. The molecule has 1 fully saturated rings. The molecule has 0 unspecified atom stereocenters. The van der Waals surface area contributed by atoms with Crippen molar-refractivity contribution in [1.82, 2.24) is 4.90 Å². The number of amides is 1. The maximum atomic E-state index is 12.5. The van der Waals surface area contributed by atoms with Gasteiger partial charge in [0.15, 0.2) is 0 Å². The Kier molecular flexibility index (Phi) is 5.70. The number of carbonyl (C=O) groups excluding carboxylic acids is 2. The highest BCUT2D eigenvalue weighted by Gasteiger charge is 2.53. The van der Waals surface area contributed by atoms with E-state index in [1.165, 1.54) is 0 Å². The minimum Gasteiger partial charge on any atom is -0.497 e. The molecule has 2 rings (SSSR count). The number of ether oxygens (including phenoxy) is 3. The van der Waals surface area contributed by atoms with Crippen molar-refractivity contribution >= 4 is 11.9 Å². The van der Waals surface area contributed by atoms with Crippen molar-refractivity contribution in [2.75, 3.05) is 20.8 Å². The van der Waals surface area contributed by atoms with E-state index in [-0.39, 0.29) is 23.7 Å². The predicted octanol–water partition coefficient (Wildman–Crippen LogP) is 2.25. The van der Waals surface area contributed by atoms with Gasteiger partial charge in [-0.05, 0) is 25.0 Å². The molecule has 6 heteroatoms. The van der Waals surface area contributed by atoms with Crippen molar-refractivity contribution < 1.29 is 23.8 Å². The van der Waals surface area contributed by atoms with Gasteiger partial charge < -0.3 is 19.1 Å². The Labute approximate surface area is 142 Å². The van der Waals surface area contributed by atoms with Crippen molar-refractivity contribution in [2.24, 2.45) is 11.8 Å². The lowest BCUT2D eigenvalue weighted by Crippen LogP contribution is -2.65. The summed E-state index contributed by atoms with van der Waals surface area (Å²) in [5, 5.41) is 0. The average Bonchev–Trinajstić information content (AvgIpc) is 2.56. The van der Waals surface area contributed by atoms with E-state index in [1.807, 2.05) is 19.9 Å². The first-order valence-electron chi connectivity index (χ1n) is 8.12. The molecule has 1 aliphatic heterocycles. The van der Waals surface area contributed by atoms with Crippen molar-refractivity contribution in [3.63, 3.8) is 0 Å². The summed E-state index contributed by atoms with van der Waals surface area (Å²) in [5.41, 5.74) is 0.822. The van der Waals surface area contributed by atoms with Crippen LogP contribution < -0.4 is 9.47 Å². The first-order valence-corrected chi connectivity index (χ1v) is 8.12. The molecule has 1 aliphatic rings. The summed E-state index contributed by atoms with van der Waals surface area (Å²) in [6, 6.07) is 4.88. The smallest absolute Gasteiger partial charge is 0.329 e. The van der Waals surface area contributed by atoms with Crippen LogP contribution in [-0.2, 0) is 20.9 Å². The SMILES string of the molecule is CCOC(=O)[C@H]1[C@H](C(C)C)C(=O)N1Cc1ccc(OC)cc1OC. The molecule has 0 aliphatic carbocycles. The number of methoxy groups -OCH3 is 2. The van der Waals surface area contributed by atoms with E-state index in [9.17, 15) is 9.59 Å². The largest absolute Gasteiger partial charge is 0.497 e. The highest BCUT2D eigenvalue weighted by atomic mass is 16.5. The van der Waals surface area contributed by atoms with Gasteiger partial charge in [0.2, 0.25) is 5.91 Å². The minimum absolute atomic E-state index is 0.0269. The first-order chi connectivity index (χ1) is 11.4. The highest BCUT2D eigenvalue weighted by Crippen LogP contribution is 2.36. The zero-order valence-electron chi connectivity index (χ0n) is 14.9. The molecule has 6 nitrogen and oxygen atoms in total. The van der Waals surface area contributed by atoms with Gasteiger partial charge in [0.1, 0.15) is 17.5 Å². The van der Waals surface area contributed by atoms with Crippen LogP contribution in [0, 0.1) is 11.8 Å². The lowest BCUT2D eigenvalue weighted by Gasteiger charge is -2.47. The third-order valence-electron chi connectivity index (χ3n) is 4.33. The predicted molar refractivity (Wildman–Crippen MR) is 88.8 cm³/mol. The number of hydrogen-bond acceptors (Lipinski definition) is 5. The van der Waals surface area contributed by atoms with Crippen molar-refractivity contribution in [3.8, 4) is 11.5 Å². The van der Waals surface area contributed by atoms with Gasteiger partial charge in [0, 0.05) is 11.6 Å². The Balaban J connectivity index is 2.24. The third kappa shape index (κ3) is 3.32. The summed E-state index contributed by atoms with van der Waals surface area (Å²) in [5.74, 6) is 0.684. The van der Waals surface area contributed by atoms with Gasteiger partial charge in [-0.25, -0.2) is 4.79 Å². The molecule has 0 spiro atoms. The number of rotatable bonds is 7. The quantitative estimate of drug-likeness (QED) is 0.565. The lowest BCUT2D eigenvalue weighted by molar-refractivity contribution is -0.178. The van der Waals surface area contributed by atoms with Crippen LogP contribution in [-0.4, -0.2) is 43.6 Å². The summed E-state index contributed by atoms with van der Waals surface area (Å²) in [6.45, 7) is 6.26. The molecule has 1 aromatic rings. The molecular weight excluding hydrogens is 310 g/mol. The molecule has 0 radical (unpaired) electrons.